The highest BCUT2D eigenvalue weighted by Crippen LogP contribution is 1.82. The summed E-state index contributed by atoms with van der Waals surface area (Å²) in [5.74, 6) is 4.83. The number of hydrogen-bond donors (Lipinski definition) is 1. The van der Waals surface area contributed by atoms with E-state index in [9.17, 15) is 0 Å². The van der Waals surface area contributed by atoms with E-state index in [1.807, 2.05) is 11.9 Å². The summed E-state index contributed by atoms with van der Waals surface area (Å²) in [4.78, 5) is 1.88. The number of rotatable bonds is 2. The Morgan fingerprint density at radius 3 is 2.71 bits per heavy atom. The average molecular weight is 213 g/mol. The van der Waals surface area contributed by atoms with Crippen molar-refractivity contribution in [3.8, 4) is 0 Å². The molecule has 0 fully saturated rings. The first-order valence-electron chi connectivity index (χ1n) is 1.81. The molecule has 0 aliphatic rings. The van der Waals surface area contributed by atoms with E-state index in [-0.39, 0.29) is 0 Å². The Balaban J connectivity index is 3.16. The van der Waals surface area contributed by atoms with E-state index < -0.39 is 0 Å². The number of nitrogens with zero attached hydrogens (tertiary/aromatic N) is 2. The molecule has 3 nitrogen and oxygen atoms in total. The summed E-state index contributed by atoms with van der Waals surface area (Å²) in [7, 11) is 1.91. The van der Waals surface area contributed by atoms with E-state index in [0.717, 1.165) is 4.55 Å². The van der Waals surface area contributed by atoms with Gasteiger partial charge in [-0.25, -0.2) is 0 Å². The first kappa shape index (κ1) is 7.00. The fourth-order valence-electron chi connectivity index (χ4n) is 0.145. The molecule has 4 heteroatoms. The number of nitrogens with two attached hydrogens (primary N) is 1. The second-order valence-corrected chi connectivity index (χ2v) is 1.82. The van der Waals surface area contributed by atoms with Gasteiger partial charge < -0.3 is 10.7 Å². The maximum atomic E-state index is 4.83. The second-order valence-electron chi connectivity index (χ2n) is 1.14. The Kier molecular flexibility index (Phi) is 4.17. The van der Waals surface area contributed by atoms with Gasteiger partial charge in [-0.05, 0) is 0 Å². The van der Waals surface area contributed by atoms with E-state index in [1.54, 1.807) is 6.34 Å². The highest BCUT2D eigenvalue weighted by Gasteiger charge is 1.80. The lowest BCUT2D eigenvalue weighted by molar-refractivity contribution is 0.629. The number of alkyl halides is 1. The molecule has 0 aromatic heterocycles. The van der Waals surface area contributed by atoms with Crippen LogP contribution in [0.3, 0.4) is 0 Å². The molecule has 42 valence electrons. The monoisotopic (exact) mass is 213 g/mol. The molecule has 7 heavy (non-hydrogen) atoms. The van der Waals surface area contributed by atoms with Crippen molar-refractivity contribution in [2.45, 2.75) is 0 Å². The quantitative estimate of drug-likeness (QED) is 0.135. The minimum absolute atomic E-state index is 0.915. The van der Waals surface area contributed by atoms with E-state index in [1.165, 1.54) is 0 Å². The molecule has 0 aromatic rings. The Morgan fingerprint density at radius 2 is 2.57 bits per heavy atom. The SMILES string of the molecule is CN(/C=N\N)CI. The number of hydrogen-bond acceptors (Lipinski definition) is 2. The third-order valence-corrected chi connectivity index (χ3v) is 1.53. The lowest BCUT2D eigenvalue weighted by Crippen LogP contribution is -2.13. The van der Waals surface area contributed by atoms with Gasteiger partial charge in [0.05, 0.1) is 4.55 Å². The van der Waals surface area contributed by atoms with Gasteiger partial charge in [0.25, 0.3) is 0 Å². The maximum Gasteiger partial charge on any atom is 0.111 e. The summed E-state index contributed by atoms with van der Waals surface area (Å²) < 4.78 is 0.915. The van der Waals surface area contributed by atoms with Crippen LogP contribution in [-0.2, 0) is 0 Å². The van der Waals surface area contributed by atoms with Crippen molar-refractivity contribution in [1.29, 1.82) is 0 Å². The van der Waals surface area contributed by atoms with Gasteiger partial charge >= 0.3 is 0 Å². The first-order chi connectivity index (χ1) is 3.31. The Morgan fingerprint density at radius 1 is 2.00 bits per heavy atom. The molecule has 0 heterocycles. The van der Waals surface area contributed by atoms with Crippen molar-refractivity contribution in [3.63, 3.8) is 0 Å². The van der Waals surface area contributed by atoms with Crippen molar-refractivity contribution in [2.75, 3.05) is 11.6 Å². The molecule has 0 aliphatic heterocycles. The maximum absolute atomic E-state index is 4.83. The molecule has 0 spiro atoms. The van der Waals surface area contributed by atoms with Crippen LogP contribution in [0.1, 0.15) is 0 Å². The van der Waals surface area contributed by atoms with Crippen molar-refractivity contribution in [2.24, 2.45) is 10.9 Å². The highest BCUT2D eigenvalue weighted by atomic mass is 127. The van der Waals surface area contributed by atoms with Crippen LogP contribution in [0.25, 0.3) is 0 Å². The molecule has 0 aliphatic carbocycles. The smallest absolute Gasteiger partial charge is 0.111 e. The van der Waals surface area contributed by atoms with Gasteiger partial charge in [-0.15, -0.1) is 0 Å². The fourth-order valence-corrected chi connectivity index (χ4v) is 0.321. The fraction of sp³-hybridized carbons (Fsp3) is 0.667. The minimum atomic E-state index is 0.915. The van der Waals surface area contributed by atoms with Crippen molar-refractivity contribution in [3.05, 3.63) is 0 Å². The average Bonchev–Trinajstić information content (AvgIpc) is 1.68. The molecular weight excluding hydrogens is 205 g/mol. The first-order valence-corrected chi connectivity index (χ1v) is 3.33. The number of hydrazone groups is 1. The van der Waals surface area contributed by atoms with Crippen LogP contribution in [0, 0.1) is 0 Å². The Labute approximate surface area is 56.7 Å². The van der Waals surface area contributed by atoms with Crippen LogP contribution >= 0.6 is 22.6 Å². The summed E-state index contributed by atoms with van der Waals surface area (Å²) in [6, 6.07) is 0. The second kappa shape index (κ2) is 4.17. The van der Waals surface area contributed by atoms with Gasteiger partial charge in [-0.3, -0.25) is 0 Å². The van der Waals surface area contributed by atoms with E-state index in [0.29, 0.717) is 0 Å². The summed E-state index contributed by atoms with van der Waals surface area (Å²) in [6.07, 6.45) is 1.58. The molecule has 0 unspecified atom stereocenters. The molecule has 0 aromatic carbocycles. The normalized spacial score (nSPS) is 10.0. The zero-order valence-corrected chi connectivity index (χ0v) is 6.29. The Hall–Kier alpha value is 0. The van der Waals surface area contributed by atoms with Gasteiger partial charge in [0.2, 0.25) is 0 Å². The third kappa shape index (κ3) is 3.84. The van der Waals surface area contributed by atoms with Gasteiger partial charge in [0.15, 0.2) is 0 Å². The summed E-state index contributed by atoms with van der Waals surface area (Å²) in [5.41, 5.74) is 0. The minimum Gasteiger partial charge on any atom is -0.355 e. The standard InChI is InChI=1S/C3H8IN3/c1-7(2-4)3-6-5/h3H,2,5H2,1H3/b6-3-. The molecule has 0 saturated heterocycles. The van der Waals surface area contributed by atoms with Gasteiger partial charge in [0.1, 0.15) is 6.34 Å². The Bertz CT molecular complexity index is 63.2. The predicted octanol–water partition coefficient (Wildman–Crippen LogP) is 0.213. The molecule has 0 amide bonds. The molecule has 0 bridgehead atoms. The molecular formula is C3H8IN3. The zero-order valence-electron chi connectivity index (χ0n) is 4.13. The van der Waals surface area contributed by atoms with E-state index in [4.69, 9.17) is 5.84 Å². The van der Waals surface area contributed by atoms with E-state index >= 15 is 0 Å². The van der Waals surface area contributed by atoms with Crippen LogP contribution in [-0.4, -0.2) is 22.8 Å². The largest absolute Gasteiger partial charge is 0.355 e. The summed E-state index contributed by atoms with van der Waals surface area (Å²) in [6.45, 7) is 0. The lowest BCUT2D eigenvalue weighted by Gasteiger charge is -2.04. The van der Waals surface area contributed by atoms with Crippen molar-refractivity contribution in [1.82, 2.24) is 4.90 Å². The topological polar surface area (TPSA) is 41.6 Å². The lowest BCUT2D eigenvalue weighted by atomic mass is 11.0. The molecule has 0 rings (SSSR count). The van der Waals surface area contributed by atoms with Crippen LogP contribution in [0.4, 0.5) is 0 Å². The van der Waals surface area contributed by atoms with Crippen LogP contribution in [0.2, 0.25) is 0 Å². The highest BCUT2D eigenvalue weighted by molar-refractivity contribution is 14.1. The van der Waals surface area contributed by atoms with Gasteiger partial charge in [-0.1, -0.05) is 22.6 Å². The summed E-state index contributed by atoms with van der Waals surface area (Å²) >= 11 is 2.22. The van der Waals surface area contributed by atoms with Crippen LogP contribution < -0.4 is 5.84 Å². The molecule has 0 atom stereocenters. The zero-order chi connectivity index (χ0) is 5.70. The van der Waals surface area contributed by atoms with Crippen LogP contribution in [0.15, 0.2) is 5.10 Å². The third-order valence-electron chi connectivity index (χ3n) is 0.452. The van der Waals surface area contributed by atoms with Crippen molar-refractivity contribution < 1.29 is 0 Å². The summed E-state index contributed by atoms with van der Waals surface area (Å²) in [5, 5.41) is 3.30. The predicted molar refractivity (Wildman–Crippen MR) is 39.3 cm³/mol. The van der Waals surface area contributed by atoms with Gasteiger partial charge in [-0.2, -0.15) is 5.10 Å². The number of halogens is 1. The van der Waals surface area contributed by atoms with Crippen molar-refractivity contribution >= 4 is 28.9 Å². The molecule has 0 radical (unpaired) electrons. The molecule has 2 N–H and O–H groups in total. The van der Waals surface area contributed by atoms with Gasteiger partial charge in [0, 0.05) is 7.05 Å². The van der Waals surface area contributed by atoms with E-state index in [2.05, 4.69) is 27.7 Å². The van der Waals surface area contributed by atoms with Crippen LogP contribution in [0.5, 0.6) is 0 Å². The molecule has 0 saturated carbocycles.